The minimum Gasteiger partial charge on any atom is -0.492 e. The highest BCUT2D eigenvalue weighted by molar-refractivity contribution is 14.1. The van der Waals surface area contributed by atoms with E-state index < -0.39 is 0 Å². The lowest BCUT2D eigenvalue weighted by Crippen LogP contribution is -2.09. The zero-order valence-electron chi connectivity index (χ0n) is 42.1. The fourth-order valence-corrected chi connectivity index (χ4v) is 12.6. The number of halogens is 3. The SMILES string of the molecule is COC(=O)C[C@@H]1COc2cc(O[C@@H]3CCc4c(-c5c(C)cc(C6=CCOCC6)cc5C)ccc(F)c43)ccc21.COC(=O)C[C@@H]1COc2cc(O[C@@H]3CCc4c(-c5c(C)cc(I)cc5C)ccc(F)c43)ccc21. The number of hydrogen-bond acceptors (Lipinski definition) is 9. The molecule has 2 aliphatic carbocycles. The third-order valence-electron chi connectivity index (χ3n) is 15.0. The molecule has 73 heavy (non-hydrogen) atoms. The Morgan fingerprint density at radius 2 is 1.08 bits per heavy atom. The number of aryl methyl sites for hydroxylation is 4. The summed E-state index contributed by atoms with van der Waals surface area (Å²) in [5.41, 5.74) is 17.2. The summed E-state index contributed by atoms with van der Waals surface area (Å²) in [6.07, 6.45) is 5.84. The summed E-state index contributed by atoms with van der Waals surface area (Å²) in [6, 6.07) is 27.1. The zero-order chi connectivity index (χ0) is 51.1. The van der Waals surface area contributed by atoms with Crippen molar-refractivity contribution in [1.29, 1.82) is 0 Å². The van der Waals surface area contributed by atoms with Crippen molar-refractivity contribution < 1.29 is 51.5 Å². The minimum absolute atomic E-state index is 0.0240. The van der Waals surface area contributed by atoms with Gasteiger partial charge in [-0.1, -0.05) is 42.5 Å². The Balaban J connectivity index is 0.000000169. The number of carbonyl (C=O) groups is 2. The number of hydrogen-bond donors (Lipinski definition) is 0. The maximum atomic E-state index is 15.3. The lowest BCUT2D eigenvalue weighted by atomic mass is 9.87. The smallest absolute Gasteiger partial charge is 0.306 e. The predicted octanol–water partition coefficient (Wildman–Crippen LogP) is 13.8. The van der Waals surface area contributed by atoms with Crippen molar-refractivity contribution >= 4 is 40.1 Å². The molecule has 0 saturated heterocycles. The first-order valence-corrected chi connectivity index (χ1v) is 26.1. The number of carbonyl (C=O) groups excluding carboxylic acids is 2. The fourth-order valence-electron chi connectivity index (χ4n) is 11.6. The van der Waals surface area contributed by atoms with Crippen LogP contribution in [0.1, 0.15) is 117 Å². The number of fused-ring (bicyclic) bond motifs is 4. The molecule has 0 N–H and O–H groups in total. The van der Waals surface area contributed by atoms with Crippen molar-refractivity contribution in [1.82, 2.24) is 0 Å². The van der Waals surface area contributed by atoms with Crippen LogP contribution in [0.2, 0.25) is 0 Å². The van der Waals surface area contributed by atoms with Crippen LogP contribution < -0.4 is 18.9 Å². The summed E-state index contributed by atoms with van der Waals surface area (Å²) in [5, 5.41) is 0. The van der Waals surface area contributed by atoms with Crippen molar-refractivity contribution in [3.63, 3.8) is 0 Å². The number of rotatable bonds is 11. The lowest BCUT2D eigenvalue weighted by molar-refractivity contribution is -0.142. The average molecular weight is 1100 g/mol. The van der Waals surface area contributed by atoms with Crippen molar-refractivity contribution in [2.24, 2.45) is 0 Å². The van der Waals surface area contributed by atoms with E-state index in [0.29, 0.717) is 66.8 Å². The zero-order valence-corrected chi connectivity index (χ0v) is 44.2. The van der Waals surface area contributed by atoms with Crippen LogP contribution in [0, 0.1) is 42.9 Å². The third kappa shape index (κ3) is 10.2. The normalized spacial score (nSPS) is 19.0. The number of benzene rings is 6. The molecule has 0 fully saturated rings. The Morgan fingerprint density at radius 1 is 0.616 bits per heavy atom. The van der Waals surface area contributed by atoms with Gasteiger partial charge in [0.05, 0.1) is 53.5 Å². The predicted molar refractivity (Wildman–Crippen MR) is 285 cm³/mol. The molecule has 378 valence electrons. The molecule has 4 atom stereocenters. The van der Waals surface area contributed by atoms with Gasteiger partial charge in [-0.2, -0.15) is 0 Å². The first kappa shape index (κ1) is 50.3. The van der Waals surface area contributed by atoms with E-state index in [2.05, 4.69) is 80.6 Å². The first-order valence-electron chi connectivity index (χ1n) is 25.1. The van der Waals surface area contributed by atoms with Crippen LogP contribution in [0.4, 0.5) is 8.78 Å². The van der Waals surface area contributed by atoms with Gasteiger partial charge >= 0.3 is 11.9 Å². The Kier molecular flexibility index (Phi) is 14.7. The average Bonchev–Trinajstić information content (AvgIpc) is 4.19. The molecule has 0 amide bonds. The first-order chi connectivity index (χ1) is 35.3. The summed E-state index contributed by atoms with van der Waals surface area (Å²) < 4.78 is 71.0. The molecule has 0 spiro atoms. The number of esters is 2. The van der Waals surface area contributed by atoms with Crippen LogP contribution in [-0.2, 0) is 36.6 Å². The molecule has 11 rings (SSSR count). The van der Waals surface area contributed by atoms with Gasteiger partial charge < -0.3 is 33.2 Å². The van der Waals surface area contributed by atoms with Crippen LogP contribution in [-0.4, -0.2) is 52.6 Å². The van der Waals surface area contributed by atoms with E-state index in [1.54, 1.807) is 12.1 Å². The Bertz CT molecular complexity index is 3130. The van der Waals surface area contributed by atoms with Gasteiger partial charge in [-0.15, -0.1) is 0 Å². The second-order valence-electron chi connectivity index (χ2n) is 19.7. The van der Waals surface area contributed by atoms with Gasteiger partial charge in [0, 0.05) is 49.8 Å². The maximum Gasteiger partial charge on any atom is 0.306 e. The van der Waals surface area contributed by atoms with E-state index in [1.807, 2.05) is 48.5 Å². The van der Waals surface area contributed by atoms with E-state index in [-0.39, 0.29) is 60.5 Å². The molecule has 0 bridgehead atoms. The van der Waals surface area contributed by atoms with E-state index in [9.17, 15) is 9.59 Å². The monoisotopic (exact) mass is 1100 g/mol. The van der Waals surface area contributed by atoms with Gasteiger partial charge in [-0.05, 0) is 186 Å². The van der Waals surface area contributed by atoms with Gasteiger partial charge in [-0.3, -0.25) is 9.59 Å². The Morgan fingerprint density at radius 3 is 1.52 bits per heavy atom. The molecule has 5 aliphatic rings. The Hall–Kier alpha value is -6.25. The van der Waals surface area contributed by atoms with Crippen LogP contribution in [0.15, 0.2) is 91.0 Å². The van der Waals surface area contributed by atoms with Crippen LogP contribution in [0.3, 0.4) is 0 Å². The second-order valence-corrected chi connectivity index (χ2v) is 20.9. The van der Waals surface area contributed by atoms with Crippen LogP contribution in [0.25, 0.3) is 27.8 Å². The minimum atomic E-state index is -0.377. The molecule has 9 nitrogen and oxygen atoms in total. The molecule has 0 saturated carbocycles. The fraction of sp³-hybridized carbons (Fsp3) is 0.344. The van der Waals surface area contributed by atoms with E-state index in [1.165, 1.54) is 62.3 Å². The molecule has 0 radical (unpaired) electrons. The molecular formula is C61H59F2IO9. The Labute approximate surface area is 439 Å². The molecule has 6 aromatic carbocycles. The van der Waals surface area contributed by atoms with Gasteiger partial charge in [-0.25, -0.2) is 8.78 Å². The summed E-state index contributed by atoms with van der Waals surface area (Å²) >= 11 is 2.33. The summed E-state index contributed by atoms with van der Waals surface area (Å²) in [7, 11) is 2.78. The quantitative estimate of drug-likeness (QED) is 0.0928. The summed E-state index contributed by atoms with van der Waals surface area (Å²) in [5.74, 6) is 1.67. The summed E-state index contributed by atoms with van der Waals surface area (Å²) in [6.45, 7) is 10.8. The van der Waals surface area contributed by atoms with Gasteiger partial charge in [0.2, 0.25) is 0 Å². The molecule has 3 aliphatic heterocycles. The topological polar surface area (TPSA) is 98.8 Å². The van der Waals surface area contributed by atoms with Crippen molar-refractivity contribution in [2.45, 2.75) is 96.7 Å². The molecule has 0 unspecified atom stereocenters. The number of methoxy groups -OCH3 is 2. The van der Waals surface area contributed by atoms with Crippen LogP contribution >= 0.6 is 22.6 Å². The molecule has 3 heterocycles. The third-order valence-corrected chi connectivity index (χ3v) is 15.7. The highest BCUT2D eigenvalue weighted by atomic mass is 127. The van der Waals surface area contributed by atoms with Crippen molar-refractivity contribution in [3.8, 4) is 45.3 Å². The number of ether oxygens (including phenoxy) is 7. The van der Waals surface area contributed by atoms with E-state index in [0.717, 1.165) is 59.3 Å². The molecule has 12 heteroatoms. The van der Waals surface area contributed by atoms with Crippen molar-refractivity contribution in [3.05, 3.63) is 167 Å². The molecule has 0 aromatic heterocycles. The molecule has 6 aromatic rings. The van der Waals surface area contributed by atoms with Gasteiger partial charge in [0.25, 0.3) is 0 Å². The van der Waals surface area contributed by atoms with Crippen LogP contribution in [0.5, 0.6) is 23.0 Å². The molecular weight excluding hydrogens is 1040 g/mol. The largest absolute Gasteiger partial charge is 0.492 e. The van der Waals surface area contributed by atoms with Gasteiger partial charge in [0.15, 0.2) is 0 Å². The van der Waals surface area contributed by atoms with E-state index in [4.69, 9.17) is 33.2 Å². The summed E-state index contributed by atoms with van der Waals surface area (Å²) in [4.78, 5) is 23.4. The van der Waals surface area contributed by atoms with E-state index >= 15 is 8.78 Å². The second kappa shape index (κ2) is 21.3. The van der Waals surface area contributed by atoms with Crippen molar-refractivity contribution in [2.75, 3.05) is 40.6 Å². The van der Waals surface area contributed by atoms with Gasteiger partial charge in [0.1, 0.15) is 46.8 Å². The lowest BCUT2D eigenvalue weighted by Gasteiger charge is -2.20. The highest BCUT2D eigenvalue weighted by Gasteiger charge is 2.35. The standard InChI is InChI=1S/C33H33FO5.C28H26FIO4/c1-19-14-22(21-10-12-37-13-11-21)15-20(2)32(19)26-6-8-28(34)33-27(26)7-9-29(33)39-24-4-5-25-23(16-31(35)36-3)18-38-30(25)17-24;1-15-10-18(30)11-16(2)27(15)21-6-8-23(29)28-22(21)7-9-24(28)34-19-4-5-20-17(12-26(31)32-3)14-33-25(20)13-19/h4-6,8,10,14-15,17,23,29H,7,9,11-13,16,18H2,1-3H3;4-6,8,10-11,13,17,24H,7,9,12,14H2,1-3H3/t23-,29-;17-,24-/m11/s1. The highest BCUT2D eigenvalue weighted by Crippen LogP contribution is 2.48. The maximum absolute atomic E-state index is 15.3.